The molecule has 0 amide bonds. The number of carbonyl (C=O) groups is 4. The van der Waals surface area contributed by atoms with Crippen LogP contribution in [-0.4, -0.2) is 129 Å². The Morgan fingerprint density at radius 2 is 1.36 bits per heavy atom. The van der Waals surface area contributed by atoms with E-state index in [1.54, 1.807) is 0 Å². The Kier molecular flexibility index (Phi) is 16.2. The molecule has 4 rings (SSSR count). The van der Waals surface area contributed by atoms with Crippen molar-refractivity contribution in [1.29, 1.82) is 0 Å². The molecule has 0 radical (unpaired) electrons. The molecule has 45 heavy (non-hydrogen) atoms. The molecule has 248 valence electrons. The zero-order valence-electron chi connectivity index (χ0n) is 25.2. The summed E-state index contributed by atoms with van der Waals surface area (Å²) in [7, 11) is 2.22. The number of aliphatic carboxylic acids is 4. The fraction of sp³-hybridized carbons (Fsp3) is 0.467. The molecule has 0 saturated carbocycles. The van der Waals surface area contributed by atoms with Crippen LogP contribution in [0.5, 0.6) is 0 Å². The predicted molar refractivity (Wildman–Crippen MR) is 171 cm³/mol. The molecule has 2 atom stereocenters. The number of rotatable bonds is 12. The van der Waals surface area contributed by atoms with Crippen molar-refractivity contribution >= 4 is 58.8 Å². The first-order chi connectivity index (χ1) is 21.3. The summed E-state index contributed by atoms with van der Waals surface area (Å²) in [6.07, 6.45) is -3.89. The molecule has 1 fully saturated rings. The van der Waals surface area contributed by atoms with E-state index in [2.05, 4.69) is 71.1 Å². The molecule has 2 aliphatic heterocycles. The van der Waals surface area contributed by atoms with Gasteiger partial charge in [-0.1, -0.05) is 30.8 Å². The highest BCUT2D eigenvalue weighted by Gasteiger charge is 2.24. The lowest BCUT2D eigenvalue weighted by atomic mass is 10.2. The van der Waals surface area contributed by atoms with Gasteiger partial charge in [0.15, 0.2) is 12.2 Å². The van der Waals surface area contributed by atoms with Crippen molar-refractivity contribution in [3.05, 3.63) is 42.5 Å². The second-order valence-corrected chi connectivity index (χ2v) is 12.6. The SMILES string of the molecule is CCSc1ccc2c(c1)N(CCCN1CCN(C)CC1)c1ccccc1S2.O=C(O)C[C@@H](O)C(=O)O.O=C(O)C[C@@H](O)C(=O)O. The lowest BCUT2D eigenvalue weighted by Crippen LogP contribution is -2.45. The Balaban J connectivity index is 0.000000324. The molecule has 0 aromatic heterocycles. The minimum absolute atomic E-state index is 0.755. The first-order valence-electron chi connectivity index (χ1n) is 14.3. The third-order valence-corrected chi connectivity index (χ3v) is 8.67. The lowest BCUT2D eigenvalue weighted by molar-refractivity contribution is -0.153. The summed E-state index contributed by atoms with van der Waals surface area (Å²) in [6, 6.07) is 15.8. The zero-order valence-corrected chi connectivity index (χ0v) is 26.9. The van der Waals surface area contributed by atoms with Gasteiger partial charge < -0.3 is 45.3 Å². The van der Waals surface area contributed by atoms with Gasteiger partial charge in [-0.2, -0.15) is 0 Å². The van der Waals surface area contributed by atoms with Crippen LogP contribution in [0.1, 0.15) is 26.2 Å². The molecule has 0 bridgehead atoms. The summed E-state index contributed by atoms with van der Waals surface area (Å²) in [5.74, 6) is -4.57. The Hall–Kier alpha value is -3.34. The number of piperazine rings is 1. The lowest BCUT2D eigenvalue weighted by Gasteiger charge is -2.35. The third-order valence-electron chi connectivity index (χ3n) is 6.67. The van der Waals surface area contributed by atoms with Crippen LogP contribution in [0.3, 0.4) is 0 Å². The minimum Gasteiger partial charge on any atom is -0.481 e. The van der Waals surface area contributed by atoms with E-state index >= 15 is 0 Å². The molecule has 0 spiro atoms. The van der Waals surface area contributed by atoms with Crippen LogP contribution < -0.4 is 4.90 Å². The molecular formula is C30H41N3O10S2. The van der Waals surface area contributed by atoms with Crippen LogP contribution in [0.4, 0.5) is 11.4 Å². The van der Waals surface area contributed by atoms with Gasteiger partial charge in [0, 0.05) is 47.4 Å². The maximum absolute atomic E-state index is 9.72. The van der Waals surface area contributed by atoms with E-state index in [0.717, 1.165) is 12.3 Å². The van der Waals surface area contributed by atoms with E-state index in [9.17, 15) is 19.2 Å². The number of hydrogen-bond acceptors (Lipinski definition) is 11. The summed E-state index contributed by atoms with van der Waals surface area (Å²) in [5, 5.41) is 48.3. The van der Waals surface area contributed by atoms with E-state index in [0.29, 0.717) is 0 Å². The Labute approximate surface area is 270 Å². The summed E-state index contributed by atoms with van der Waals surface area (Å²) >= 11 is 3.84. The van der Waals surface area contributed by atoms with Gasteiger partial charge in [0.25, 0.3) is 0 Å². The molecule has 6 N–H and O–H groups in total. The second kappa shape index (κ2) is 19.2. The highest BCUT2D eigenvalue weighted by molar-refractivity contribution is 8.00. The maximum Gasteiger partial charge on any atom is 0.333 e. The topological polar surface area (TPSA) is 199 Å². The van der Waals surface area contributed by atoms with Gasteiger partial charge >= 0.3 is 23.9 Å². The summed E-state index contributed by atoms with van der Waals surface area (Å²) < 4.78 is 0. The van der Waals surface area contributed by atoms with E-state index in [4.69, 9.17) is 30.6 Å². The number of benzene rings is 2. The molecule has 1 saturated heterocycles. The number of likely N-dealkylation sites (N-methyl/N-ethyl adjacent to an activating group) is 1. The average molecular weight is 668 g/mol. The van der Waals surface area contributed by atoms with E-state index in [1.807, 2.05) is 23.5 Å². The maximum atomic E-state index is 9.72. The Morgan fingerprint density at radius 3 is 1.87 bits per heavy atom. The number of para-hydroxylation sites is 1. The number of carboxylic acids is 4. The fourth-order valence-electron chi connectivity index (χ4n) is 4.34. The number of anilines is 2. The highest BCUT2D eigenvalue weighted by Crippen LogP contribution is 2.49. The van der Waals surface area contributed by atoms with Crippen LogP contribution in [0, 0.1) is 0 Å². The van der Waals surface area contributed by atoms with E-state index < -0.39 is 48.9 Å². The summed E-state index contributed by atoms with van der Waals surface area (Å²) in [5.41, 5.74) is 2.75. The first kappa shape index (κ1) is 37.8. The van der Waals surface area contributed by atoms with Crippen molar-refractivity contribution in [3.63, 3.8) is 0 Å². The normalized spacial score (nSPS) is 15.6. The average Bonchev–Trinajstić information content (AvgIpc) is 2.98. The van der Waals surface area contributed by atoms with Crippen molar-refractivity contribution in [1.82, 2.24) is 9.80 Å². The summed E-state index contributed by atoms with van der Waals surface area (Å²) in [6.45, 7) is 9.30. The molecule has 2 aromatic rings. The smallest absolute Gasteiger partial charge is 0.333 e. The van der Waals surface area contributed by atoms with Crippen LogP contribution in [-0.2, 0) is 19.2 Å². The van der Waals surface area contributed by atoms with Crippen molar-refractivity contribution < 1.29 is 49.8 Å². The number of carboxylic acid groups (broad SMARTS) is 4. The molecule has 0 unspecified atom stereocenters. The molecule has 0 aliphatic carbocycles. The van der Waals surface area contributed by atoms with Crippen molar-refractivity contribution in [3.8, 4) is 0 Å². The first-order valence-corrected chi connectivity index (χ1v) is 16.1. The number of aliphatic hydroxyl groups is 2. The fourth-order valence-corrected chi connectivity index (χ4v) is 6.10. The quantitative estimate of drug-likeness (QED) is 0.180. The predicted octanol–water partition coefficient (Wildman–Crippen LogP) is 2.85. The van der Waals surface area contributed by atoms with Gasteiger partial charge in [-0.25, -0.2) is 9.59 Å². The molecule has 2 aromatic carbocycles. The zero-order chi connectivity index (χ0) is 33.5. The van der Waals surface area contributed by atoms with Gasteiger partial charge in [-0.3, -0.25) is 9.59 Å². The van der Waals surface area contributed by atoms with Crippen molar-refractivity contribution in [2.75, 3.05) is 57.0 Å². The van der Waals surface area contributed by atoms with Crippen LogP contribution in [0.2, 0.25) is 0 Å². The number of thioether (sulfide) groups is 1. The van der Waals surface area contributed by atoms with Crippen molar-refractivity contribution in [2.45, 2.75) is 53.1 Å². The largest absolute Gasteiger partial charge is 0.481 e. The molecule has 15 heteroatoms. The van der Waals surface area contributed by atoms with Gasteiger partial charge in [0.1, 0.15) is 0 Å². The monoisotopic (exact) mass is 667 g/mol. The Morgan fingerprint density at radius 1 is 0.800 bits per heavy atom. The van der Waals surface area contributed by atoms with Crippen LogP contribution >= 0.6 is 23.5 Å². The van der Waals surface area contributed by atoms with Gasteiger partial charge in [-0.05, 0) is 56.1 Å². The number of fused-ring (bicyclic) bond motifs is 2. The highest BCUT2D eigenvalue weighted by atomic mass is 32.2. The molecule has 13 nitrogen and oxygen atoms in total. The van der Waals surface area contributed by atoms with Gasteiger partial charge in [0.05, 0.1) is 24.2 Å². The minimum atomic E-state index is -1.79. The van der Waals surface area contributed by atoms with Crippen LogP contribution in [0.25, 0.3) is 0 Å². The van der Waals surface area contributed by atoms with Crippen molar-refractivity contribution in [2.24, 2.45) is 0 Å². The van der Waals surface area contributed by atoms with E-state index in [-0.39, 0.29) is 0 Å². The number of nitrogens with zero attached hydrogens (tertiary/aromatic N) is 3. The van der Waals surface area contributed by atoms with Gasteiger partial charge in [0.2, 0.25) is 0 Å². The molecular weight excluding hydrogens is 626 g/mol. The number of aliphatic hydroxyl groups excluding tert-OH is 2. The molecule has 2 heterocycles. The second-order valence-electron chi connectivity index (χ2n) is 10.2. The Bertz CT molecular complexity index is 1260. The standard InChI is InChI=1S/C22H29N3S2.2C4H6O5/c1-3-26-18-9-10-22-20(17-18)25(19-7-4-5-8-21(19)27-22)12-6-11-24-15-13-23(2)14-16-24;2*5-2(4(8)9)1-3(6)7/h4-5,7-10,17H,3,6,11-16H2,1-2H3;2*2,5H,1H2,(H,6,7)(H,8,9)/t;2*2-/m.11/s1. The third kappa shape index (κ3) is 13.3. The summed E-state index contributed by atoms with van der Waals surface area (Å²) in [4.78, 5) is 50.6. The number of hydrogen-bond donors (Lipinski definition) is 6. The van der Waals surface area contributed by atoms with E-state index in [1.165, 1.54) is 65.2 Å². The molecule has 2 aliphatic rings. The van der Waals surface area contributed by atoms with Crippen LogP contribution in [0.15, 0.2) is 57.2 Å². The van der Waals surface area contributed by atoms with Gasteiger partial charge in [-0.15, -0.1) is 11.8 Å².